The number of nitrogens with zero attached hydrogens (tertiary/aromatic N) is 2. The topological polar surface area (TPSA) is 71.2 Å². The Labute approximate surface area is 121 Å². The molecular weight excluding hydrogens is 252 g/mol. The van der Waals surface area contributed by atoms with E-state index in [1.807, 2.05) is 17.0 Å². The van der Waals surface area contributed by atoms with E-state index in [2.05, 4.69) is 38.0 Å². The van der Waals surface area contributed by atoms with E-state index in [1.165, 1.54) is 0 Å². The highest BCUT2D eigenvalue weighted by Crippen LogP contribution is 2.18. The number of hydrogen-bond donors (Lipinski definition) is 2. The molecule has 3 N–H and O–H groups in total. The number of carbonyl (C=O) groups is 1. The lowest BCUT2D eigenvalue weighted by Crippen LogP contribution is -2.37. The largest absolute Gasteiger partial charge is 0.368 e. The van der Waals surface area contributed by atoms with E-state index in [0.717, 1.165) is 24.5 Å². The molecule has 1 heterocycles. The van der Waals surface area contributed by atoms with Gasteiger partial charge in [0.2, 0.25) is 5.91 Å². The maximum absolute atomic E-state index is 11.3. The number of hydrogen-bond acceptors (Lipinski definition) is 4. The fraction of sp³-hybridized carbons (Fsp3) is 0.600. The monoisotopic (exact) mass is 278 g/mol. The van der Waals surface area contributed by atoms with Gasteiger partial charge in [0.15, 0.2) is 0 Å². The molecule has 0 atom stereocenters. The third-order valence-electron chi connectivity index (χ3n) is 2.80. The fourth-order valence-corrected chi connectivity index (χ4v) is 2.02. The fourth-order valence-electron chi connectivity index (χ4n) is 2.02. The minimum atomic E-state index is -0.334. The molecule has 0 aliphatic heterocycles. The van der Waals surface area contributed by atoms with E-state index >= 15 is 0 Å². The van der Waals surface area contributed by atoms with Crippen LogP contribution in [0.5, 0.6) is 0 Å². The summed E-state index contributed by atoms with van der Waals surface area (Å²) in [6.07, 6.45) is 1.75. The van der Waals surface area contributed by atoms with E-state index < -0.39 is 0 Å². The first kappa shape index (κ1) is 16.4. The van der Waals surface area contributed by atoms with Gasteiger partial charge in [0.05, 0.1) is 6.54 Å². The van der Waals surface area contributed by atoms with Crippen molar-refractivity contribution in [3.63, 3.8) is 0 Å². The number of nitrogens with one attached hydrogen (secondary N) is 1. The predicted octanol–water partition coefficient (Wildman–Crippen LogP) is 1.53. The molecule has 0 aliphatic carbocycles. The molecule has 0 unspecified atom stereocenters. The van der Waals surface area contributed by atoms with Crippen molar-refractivity contribution in [3.8, 4) is 0 Å². The Morgan fingerprint density at radius 1 is 1.40 bits per heavy atom. The van der Waals surface area contributed by atoms with Gasteiger partial charge < -0.3 is 16.0 Å². The van der Waals surface area contributed by atoms with Gasteiger partial charge in [-0.2, -0.15) is 0 Å². The lowest BCUT2D eigenvalue weighted by atomic mass is 10.1. The third-order valence-corrected chi connectivity index (χ3v) is 2.80. The highest BCUT2D eigenvalue weighted by molar-refractivity contribution is 5.79. The molecule has 0 fully saturated rings. The number of aromatic nitrogens is 1. The predicted molar refractivity (Wildman–Crippen MR) is 82.5 cm³/mol. The smallest absolute Gasteiger partial charge is 0.236 e. The van der Waals surface area contributed by atoms with Gasteiger partial charge in [-0.1, -0.05) is 33.8 Å². The summed E-state index contributed by atoms with van der Waals surface area (Å²) in [5.74, 6) is 0.939. The van der Waals surface area contributed by atoms with Crippen LogP contribution in [0.2, 0.25) is 0 Å². The molecule has 0 saturated carbocycles. The number of rotatable bonds is 8. The zero-order chi connectivity index (χ0) is 15.1. The van der Waals surface area contributed by atoms with Gasteiger partial charge in [0.25, 0.3) is 0 Å². The van der Waals surface area contributed by atoms with E-state index in [0.29, 0.717) is 12.0 Å². The number of anilines is 1. The molecule has 1 aromatic rings. The van der Waals surface area contributed by atoms with E-state index in [1.54, 1.807) is 6.20 Å². The number of primary amides is 1. The van der Waals surface area contributed by atoms with Crippen molar-refractivity contribution >= 4 is 11.7 Å². The molecular formula is C15H26N4O. The van der Waals surface area contributed by atoms with Crippen LogP contribution in [0.25, 0.3) is 0 Å². The van der Waals surface area contributed by atoms with Crippen LogP contribution in [0.3, 0.4) is 0 Å². The van der Waals surface area contributed by atoms with Crippen molar-refractivity contribution in [2.45, 2.75) is 40.3 Å². The van der Waals surface area contributed by atoms with Crippen molar-refractivity contribution in [1.29, 1.82) is 0 Å². The van der Waals surface area contributed by atoms with Crippen LogP contribution in [-0.4, -0.2) is 30.0 Å². The molecule has 1 aromatic heterocycles. The molecule has 1 rings (SSSR count). The minimum Gasteiger partial charge on any atom is -0.368 e. The first-order valence-electron chi connectivity index (χ1n) is 7.10. The minimum absolute atomic E-state index is 0.198. The average molecular weight is 278 g/mol. The lowest BCUT2D eigenvalue weighted by Gasteiger charge is -2.26. The quantitative estimate of drug-likeness (QED) is 0.756. The molecule has 0 saturated heterocycles. The van der Waals surface area contributed by atoms with Crippen LogP contribution in [0.1, 0.15) is 33.3 Å². The molecule has 0 aliphatic rings. The summed E-state index contributed by atoms with van der Waals surface area (Å²) < 4.78 is 0. The zero-order valence-electron chi connectivity index (χ0n) is 12.9. The summed E-state index contributed by atoms with van der Waals surface area (Å²) in [5, 5.41) is 3.38. The van der Waals surface area contributed by atoms with Gasteiger partial charge in [-0.15, -0.1) is 0 Å². The van der Waals surface area contributed by atoms with Crippen LogP contribution < -0.4 is 16.0 Å². The van der Waals surface area contributed by atoms with Gasteiger partial charge in [-0.05, 0) is 12.0 Å². The summed E-state index contributed by atoms with van der Waals surface area (Å²) >= 11 is 0. The van der Waals surface area contributed by atoms with Crippen LogP contribution in [-0.2, 0) is 11.3 Å². The van der Waals surface area contributed by atoms with Crippen LogP contribution in [0.15, 0.2) is 18.3 Å². The van der Waals surface area contributed by atoms with Crippen molar-refractivity contribution in [2.75, 3.05) is 18.0 Å². The summed E-state index contributed by atoms with van der Waals surface area (Å²) in [4.78, 5) is 17.7. The Morgan fingerprint density at radius 3 is 2.65 bits per heavy atom. The number of carbonyl (C=O) groups excluding carboxylic acids is 1. The van der Waals surface area contributed by atoms with Crippen molar-refractivity contribution in [1.82, 2.24) is 10.3 Å². The average Bonchev–Trinajstić information content (AvgIpc) is 2.34. The molecule has 0 aromatic carbocycles. The maximum atomic E-state index is 11.3. The summed E-state index contributed by atoms with van der Waals surface area (Å²) in [6.45, 7) is 10.1. The molecule has 1 amide bonds. The van der Waals surface area contributed by atoms with E-state index in [4.69, 9.17) is 5.73 Å². The van der Waals surface area contributed by atoms with Crippen molar-refractivity contribution in [2.24, 2.45) is 11.7 Å². The second kappa shape index (κ2) is 7.85. The Morgan fingerprint density at radius 2 is 2.10 bits per heavy atom. The van der Waals surface area contributed by atoms with Gasteiger partial charge in [0, 0.05) is 30.9 Å². The lowest BCUT2D eigenvalue weighted by molar-refractivity contribution is -0.116. The van der Waals surface area contributed by atoms with Crippen molar-refractivity contribution < 1.29 is 4.79 Å². The molecule has 5 heteroatoms. The molecule has 5 nitrogen and oxygen atoms in total. The van der Waals surface area contributed by atoms with Crippen LogP contribution in [0.4, 0.5) is 5.82 Å². The van der Waals surface area contributed by atoms with Gasteiger partial charge in [-0.3, -0.25) is 4.79 Å². The molecule has 0 spiro atoms. The maximum Gasteiger partial charge on any atom is 0.236 e. The molecule has 112 valence electrons. The normalized spacial score (nSPS) is 11.1. The standard InChI is InChI=1S/C15H26N4O/c1-11(2)9-19(10-14(16)20)15-13(6-5-7-17-15)8-18-12(3)4/h5-7,11-12,18H,8-10H2,1-4H3,(H2,16,20). The van der Waals surface area contributed by atoms with Crippen LogP contribution in [0, 0.1) is 5.92 Å². The second-order valence-corrected chi connectivity index (χ2v) is 5.76. The highest BCUT2D eigenvalue weighted by atomic mass is 16.1. The number of pyridine rings is 1. The van der Waals surface area contributed by atoms with E-state index in [9.17, 15) is 4.79 Å². The second-order valence-electron chi connectivity index (χ2n) is 5.76. The number of amides is 1. The molecule has 20 heavy (non-hydrogen) atoms. The zero-order valence-corrected chi connectivity index (χ0v) is 12.9. The summed E-state index contributed by atoms with van der Waals surface area (Å²) in [6, 6.07) is 4.35. The number of nitrogens with two attached hydrogens (primary N) is 1. The SMILES string of the molecule is CC(C)CN(CC(N)=O)c1ncccc1CNC(C)C. The third kappa shape index (κ3) is 5.57. The van der Waals surface area contributed by atoms with Gasteiger partial charge >= 0.3 is 0 Å². The van der Waals surface area contributed by atoms with Gasteiger partial charge in [-0.25, -0.2) is 4.98 Å². The van der Waals surface area contributed by atoms with E-state index in [-0.39, 0.29) is 12.5 Å². The first-order valence-corrected chi connectivity index (χ1v) is 7.10. The van der Waals surface area contributed by atoms with Crippen LogP contribution >= 0.6 is 0 Å². The van der Waals surface area contributed by atoms with Crippen molar-refractivity contribution in [3.05, 3.63) is 23.9 Å². The Hall–Kier alpha value is -1.62. The summed E-state index contributed by atoms with van der Waals surface area (Å²) in [7, 11) is 0. The molecule has 0 radical (unpaired) electrons. The first-order chi connectivity index (χ1) is 9.40. The Balaban J connectivity index is 2.95. The molecule has 0 bridgehead atoms. The Bertz CT molecular complexity index is 432. The summed E-state index contributed by atoms with van der Waals surface area (Å²) in [5.41, 5.74) is 6.44. The Kier molecular flexibility index (Phi) is 6.45. The highest BCUT2D eigenvalue weighted by Gasteiger charge is 2.16. The van der Waals surface area contributed by atoms with Gasteiger partial charge in [0.1, 0.15) is 5.82 Å².